The van der Waals surface area contributed by atoms with Crippen LogP contribution in [0.4, 0.5) is 0 Å². The number of hydrogen-bond donors (Lipinski definition) is 1. The molecule has 0 fully saturated rings. The summed E-state index contributed by atoms with van der Waals surface area (Å²) >= 11 is 0. The van der Waals surface area contributed by atoms with Gasteiger partial charge in [-0.05, 0) is 18.2 Å². The van der Waals surface area contributed by atoms with E-state index in [1.807, 2.05) is 12.1 Å². The molecular weight excluding hydrogens is 178 g/mol. The van der Waals surface area contributed by atoms with Gasteiger partial charge in [0.25, 0.3) is 0 Å². The predicted octanol–water partition coefficient (Wildman–Crippen LogP) is 2.55. The van der Waals surface area contributed by atoms with Gasteiger partial charge in [-0.3, -0.25) is 0 Å². The predicted molar refractivity (Wildman–Crippen MR) is 53.5 cm³/mol. The van der Waals surface area contributed by atoms with Gasteiger partial charge in [0.15, 0.2) is 0 Å². The fourth-order valence-electron chi connectivity index (χ4n) is 1.11. The van der Waals surface area contributed by atoms with Crippen LogP contribution < -0.4 is 0 Å². The van der Waals surface area contributed by atoms with Crippen LogP contribution >= 0.6 is 0 Å². The molecule has 0 unspecified atom stereocenters. The van der Waals surface area contributed by atoms with Gasteiger partial charge < -0.3 is 9.63 Å². The summed E-state index contributed by atoms with van der Waals surface area (Å²) in [4.78, 5) is 0. The van der Waals surface area contributed by atoms with E-state index >= 15 is 0 Å². The first kappa shape index (κ1) is 8.56. The fraction of sp³-hybridized carbons (Fsp3) is 0. The maximum atomic E-state index is 9.44. The summed E-state index contributed by atoms with van der Waals surface area (Å²) in [6.45, 7) is 0. The van der Waals surface area contributed by atoms with Crippen molar-refractivity contribution >= 4 is 12.2 Å². The Bertz CT molecular complexity index is 432. The molecule has 0 bridgehead atoms. The number of aromatic nitrogens is 1. The largest absolute Gasteiger partial charge is 0.507 e. The molecular formula is C11H9NO2. The third-order valence-electron chi connectivity index (χ3n) is 1.83. The molecule has 1 aromatic carbocycles. The number of aromatic hydroxyl groups is 1. The van der Waals surface area contributed by atoms with E-state index in [0.29, 0.717) is 0 Å². The summed E-state index contributed by atoms with van der Waals surface area (Å²) in [5, 5.41) is 13.2. The van der Waals surface area contributed by atoms with Crippen LogP contribution in [0, 0.1) is 0 Å². The van der Waals surface area contributed by atoms with Crippen LogP contribution in [0.25, 0.3) is 12.2 Å². The quantitative estimate of drug-likeness (QED) is 0.785. The third kappa shape index (κ3) is 1.82. The summed E-state index contributed by atoms with van der Waals surface area (Å²) in [6.07, 6.45) is 5.07. The van der Waals surface area contributed by atoms with Crippen molar-refractivity contribution in [2.24, 2.45) is 0 Å². The average molecular weight is 187 g/mol. The van der Waals surface area contributed by atoms with Crippen molar-refractivity contribution in [2.75, 3.05) is 0 Å². The molecule has 0 amide bonds. The summed E-state index contributed by atoms with van der Waals surface area (Å²) < 4.78 is 4.67. The Morgan fingerprint density at radius 1 is 1.14 bits per heavy atom. The highest BCUT2D eigenvalue weighted by Crippen LogP contribution is 2.17. The Hall–Kier alpha value is -2.03. The zero-order valence-corrected chi connectivity index (χ0v) is 7.42. The number of rotatable bonds is 2. The Morgan fingerprint density at radius 3 is 2.71 bits per heavy atom. The minimum Gasteiger partial charge on any atom is -0.507 e. The van der Waals surface area contributed by atoms with Crippen molar-refractivity contribution in [3.8, 4) is 5.75 Å². The second kappa shape index (κ2) is 3.79. The molecule has 3 heteroatoms. The maximum Gasteiger partial charge on any atom is 0.124 e. The van der Waals surface area contributed by atoms with Gasteiger partial charge in [-0.2, -0.15) is 0 Å². The Morgan fingerprint density at radius 2 is 2.00 bits per heavy atom. The number of hydrogen-bond acceptors (Lipinski definition) is 3. The first-order valence-corrected chi connectivity index (χ1v) is 4.23. The monoisotopic (exact) mass is 187 g/mol. The number of benzene rings is 1. The highest BCUT2D eigenvalue weighted by Gasteiger charge is 1.94. The average Bonchev–Trinajstić information content (AvgIpc) is 2.69. The van der Waals surface area contributed by atoms with Crippen molar-refractivity contribution in [3.63, 3.8) is 0 Å². The topological polar surface area (TPSA) is 46.3 Å². The lowest BCUT2D eigenvalue weighted by atomic mass is 10.2. The lowest BCUT2D eigenvalue weighted by molar-refractivity contribution is 0.418. The van der Waals surface area contributed by atoms with E-state index < -0.39 is 0 Å². The molecule has 2 aromatic rings. The fourth-order valence-corrected chi connectivity index (χ4v) is 1.11. The zero-order valence-electron chi connectivity index (χ0n) is 7.42. The second-order valence-corrected chi connectivity index (χ2v) is 2.82. The van der Waals surface area contributed by atoms with Gasteiger partial charge in [-0.25, -0.2) is 0 Å². The normalized spacial score (nSPS) is 10.9. The lowest BCUT2D eigenvalue weighted by Crippen LogP contribution is -1.73. The van der Waals surface area contributed by atoms with Gasteiger partial charge in [0, 0.05) is 11.6 Å². The molecule has 0 aliphatic rings. The summed E-state index contributed by atoms with van der Waals surface area (Å²) in [6, 6.07) is 8.86. The van der Waals surface area contributed by atoms with Crippen molar-refractivity contribution < 1.29 is 9.63 Å². The standard InChI is InChI=1S/C11H9NO2/c13-11-4-2-1-3-9(11)5-6-10-7-8-14-12-10/h1-8,13H/b6-5+. The molecule has 0 atom stereocenters. The highest BCUT2D eigenvalue weighted by molar-refractivity contribution is 5.70. The van der Waals surface area contributed by atoms with Crippen LogP contribution in [-0.4, -0.2) is 10.3 Å². The Kier molecular flexibility index (Phi) is 2.32. The van der Waals surface area contributed by atoms with Gasteiger partial charge in [-0.15, -0.1) is 0 Å². The van der Waals surface area contributed by atoms with Crippen LogP contribution in [0.3, 0.4) is 0 Å². The SMILES string of the molecule is Oc1ccccc1/C=C/c1ccon1. The van der Waals surface area contributed by atoms with E-state index in [0.717, 1.165) is 11.3 Å². The molecule has 14 heavy (non-hydrogen) atoms. The first-order valence-electron chi connectivity index (χ1n) is 4.23. The lowest BCUT2D eigenvalue weighted by Gasteiger charge is -1.95. The molecule has 3 nitrogen and oxygen atoms in total. The smallest absolute Gasteiger partial charge is 0.124 e. The number of nitrogens with zero attached hydrogens (tertiary/aromatic N) is 1. The molecule has 0 saturated carbocycles. The molecule has 0 saturated heterocycles. The van der Waals surface area contributed by atoms with Crippen molar-refractivity contribution in [1.82, 2.24) is 5.16 Å². The van der Waals surface area contributed by atoms with Gasteiger partial charge in [0.1, 0.15) is 17.7 Å². The summed E-state index contributed by atoms with van der Waals surface area (Å²) in [7, 11) is 0. The minimum absolute atomic E-state index is 0.257. The second-order valence-electron chi connectivity index (χ2n) is 2.82. The molecule has 1 heterocycles. The molecule has 70 valence electrons. The van der Waals surface area contributed by atoms with Crippen LogP contribution in [0.15, 0.2) is 41.1 Å². The number of phenols is 1. The molecule has 0 spiro atoms. The van der Waals surface area contributed by atoms with Crippen LogP contribution in [0.5, 0.6) is 5.75 Å². The van der Waals surface area contributed by atoms with Crippen LogP contribution in [0.2, 0.25) is 0 Å². The van der Waals surface area contributed by atoms with Crippen LogP contribution in [0.1, 0.15) is 11.3 Å². The van der Waals surface area contributed by atoms with Gasteiger partial charge >= 0.3 is 0 Å². The van der Waals surface area contributed by atoms with Crippen molar-refractivity contribution in [3.05, 3.63) is 47.9 Å². The molecule has 1 N–H and O–H groups in total. The molecule has 1 aromatic heterocycles. The van der Waals surface area contributed by atoms with Gasteiger partial charge in [-0.1, -0.05) is 23.4 Å². The van der Waals surface area contributed by atoms with E-state index in [9.17, 15) is 5.11 Å². The van der Waals surface area contributed by atoms with Gasteiger partial charge in [0.05, 0.1) is 0 Å². The molecule has 0 aliphatic carbocycles. The highest BCUT2D eigenvalue weighted by atomic mass is 16.5. The third-order valence-corrected chi connectivity index (χ3v) is 1.83. The molecule has 0 aliphatic heterocycles. The Balaban J connectivity index is 2.23. The number of phenolic OH excluding ortho intramolecular Hbond substituents is 1. The van der Waals surface area contributed by atoms with Crippen molar-refractivity contribution in [1.29, 1.82) is 0 Å². The van der Waals surface area contributed by atoms with E-state index in [-0.39, 0.29) is 5.75 Å². The van der Waals surface area contributed by atoms with E-state index in [4.69, 9.17) is 0 Å². The first-order chi connectivity index (χ1) is 6.86. The van der Waals surface area contributed by atoms with Gasteiger partial charge in [0.2, 0.25) is 0 Å². The molecule has 0 radical (unpaired) electrons. The van der Waals surface area contributed by atoms with E-state index in [1.165, 1.54) is 6.26 Å². The Labute approximate surface area is 81.3 Å². The van der Waals surface area contributed by atoms with E-state index in [2.05, 4.69) is 9.68 Å². The summed E-state index contributed by atoms with van der Waals surface area (Å²) in [5.41, 5.74) is 1.49. The number of para-hydroxylation sites is 1. The molecule has 2 rings (SSSR count). The maximum absolute atomic E-state index is 9.44. The zero-order chi connectivity index (χ0) is 9.80. The van der Waals surface area contributed by atoms with E-state index in [1.54, 1.807) is 30.4 Å². The summed E-state index contributed by atoms with van der Waals surface area (Å²) in [5.74, 6) is 0.257. The minimum atomic E-state index is 0.257. The van der Waals surface area contributed by atoms with Crippen LogP contribution in [-0.2, 0) is 0 Å². The van der Waals surface area contributed by atoms with Crippen molar-refractivity contribution in [2.45, 2.75) is 0 Å².